The average molecular weight is 214 g/mol. The van der Waals surface area contributed by atoms with E-state index in [-0.39, 0.29) is 18.7 Å². The zero-order chi connectivity index (χ0) is 11.4. The van der Waals surface area contributed by atoms with E-state index in [0.29, 0.717) is 0 Å². The smallest absolute Gasteiger partial charge is 0.355 e. The Bertz CT molecular complexity index is 336. The van der Waals surface area contributed by atoms with Gasteiger partial charge in [0.15, 0.2) is 5.71 Å². The maximum Gasteiger partial charge on any atom is 0.355 e. The van der Waals surface area contributed by atoms with Crippen molar-refractivity contribution in [3.05, 3.63) is 0 Å². The molecular formula is C8H10N2O5. The van der Waals surface area contributed by atoms with Crippen LogP contribution in [0.25, 0.3) is 0 Å². The molecule has 0 atom stereocenters. The van der Waals surface area contributed by atoms with Gasteiger partial charge >= 0.3 is 11.9 Å². The second-order valence-electron chi connectivity index (χ2n) is 2.79. The summed E-state index contributed by atoms with van der Waals surface area (Å²) in [4.78, 5) is 32.6. The lowest BCUT2D eigenvalue weighted by atomic mass is 10.3. The Hall–Kier alpha value is -1.92. The van der Waals surface area contributed by atoms with Crippen LogP contribution >= 0.6 is 0 Å². The predicted octanol–water partition coefficient (Wildman–Crippen LogP) is -0.778. The van der Waals surface area contributed by atoms with Crippen LogP contribution in [0.5, 0.6) is 0 Å². The topological polar surface area (TPSA) is 96.3 Å². The molecule has 1 amide bonds. The van der Waals surface area contributed by atoms with Gasteiger partial charge in [0.05, 0.1) is 13.0 Å². The van der Waals surface area contributed by atoms with Crippen LogP contribution in [0.1, 0.15) is 13.3 Å². The van der Waals surface area contributed by atoms with E-state index in [1.54, 1.807) is 6.92 Å². The minimum Gasteiger partial charge on any atom is -0.480 e. The molecule has 15 heavy (non-hydrogen) atoms. The first-order chi connectivity index (χ1) is 7.04. The summed E-state index contributed by atoms with van der Waals surface area (Å²) in [5.74, 6) is -2.38. The number of carbonyl (C=O) groups excluding carboxylic acids is 2. The molecule has 0 aromatic carbocycles. The molecule has 0 saturated heterocycles. The van der Waals surface area contributed by atoms with E-state index in [4.69, 9.17) is 5.11 Å². The number of carbonyl (C=O) groups is 3. The van der Waals surface area contributed by atoms with Crippen LogP contribution in [0.15, 0.2) is 5.10 Å². The standard InChI is InChI=1S/C8H10N2O5/c1-2-15-8(14)5-3-6(11)10(9-5)4-7(12)13/h2-4H2,1H3,(H,12,13). The van der Waals surface area contributed by atoms with Crippen molar-refractivity contribution in [1.82, 2.24) is 5.01 Å². The number of carboxylic acid groups (broad SMARTS) is 1. The molecule has 7 nitrogen and oxygen atoms in total. The van der Waals surface area contributed by atoms with Crippen molar-refractivity contribution in [3.63, 3.8) is 0 Å². The monoisotopic (exact) mass is 214 g/mol. The third-order valence-electron chi connectivity index (χ3n) is 1.64. The lowest BCUT2D eigenvalue weighted by molar-refractivity contribution is -0.143. The zero-order valence-electron chi connectivity index (χ0n) is 8.10. The average Bonchev–Trinajstić information content (AvgIpc) is 2.47. The summed E-state index contributed by atoms with van der Waals surface area (Å²) in [6, 6.07) is 0. The number of rotatable bonds is 4. The molecule has 0 aromatic rings. The number of carboxylic acids is 1. The Kier molecular flexibility index (Phi) is 3.37. The van der Waals surface area contributed by atoms with E-state index in [0.717, 1.165) is 5.01 Å². The number of aliphatic carboxylic acids is 1. The highest BCUT2D eigenvalue weighted by molar-refractivity contribution is 6.41. The summed E-state index contributed by atoms with van der Waals surface area (Å²) in [7, 11) is 0. The van der Waals surface area contributed by atoms with Crippen molar-refractivity contribution >= 4 is 23.6 Å². The Morgan fingerprint density at radius 3 is 2.80 bits per heavy atom. The number of hydrazone groups is 1. The van der Waals surface area contributed by atoms with Gasteiger partial charge in [-0.3, -0.25) is 9.59 Å². The second kappa shape index (κ2) is 4.54. The molecule has 1 heterocycles. The largest absolute Gasteiger partial charge is 0.480 e. The highest BCUT2D eigenvalue weighted by Crippen LogP contribution is 2.08. The van der Waals surface area contributed by atoms with E-state index in [9.17, 15) is 14.4 Å². The minimum absolute atomic E-state index is 0.0527. The zero-order valence-corrected chi connectivity index (χ0v) is 8.10. The SMILES string of the molecule is CCOC(=O)C1=NN(CC(=O)O)C(=O)C1. The number of amides is 1. The molecule has 1 aliphatic heterocycles. The molecule has 0 fully saturated rings. The molecule has 0 aliphatic carbocycles. The number of hydrogen-bond donors (Lipinski definition) is 1. The van der Waals surface area contributed by atoms with Gasteiger partial charge in [-0.05, 0) is 6.92 Å². The highest BCUT2D eigenvalue weighted by Gasteiger charge is 2.30. The molecule has 1 N–H and O–H groups in total. The first kappa shape index (κ1) is 11.2. The van der Waals surface area contributed by atoms with Crippen molar-refractivity contribution in [1.29, 1.82) is 0 Å². The molecule has 1 rings (SSSR count). The van der Waals surface area contributed by atoms with Gasteiger partial charge in [-0.25, -0.2) is 9.80 Å². The van der Waals surface area contributed by atoms with Gasteiger partial charge in [-0.2, -0.15) is 5.10 Å². The van der Waals surface area contributed by atoms with Gasteiger partial charge in [0, 0.05) is 0 Å². The summed E-state index contributed by atoms with van der Waals surface area (Å²) in [6.07, 6.45) is -0.202. The van der Waals surface area contributed by atoms with Crippen LogP contribution < -0.4 is 0 Å². The van der Waals surface area contributed by atoms with Crippen LogP contribution in [-0.4, -0.2) is 46.8 Å². The van der Waals surface area contributed by atoms with E-state index >= 15 is 0 Å². The molecule has 0 bridgehead atoms. The summed E-state index contributed by atoms with van der Waals surface area (Å²) in [5.41, 5.74) is -0.0527. The fraction of sp³-hybridized carbons (Fsp3) is 0.500. The summed E-state index contributed by atoms with van der Waals surface area (Å²) in [6.45, 7) is 1.27. The summed E-state index contributed by atoms with van der Waals surface area (Å²) in [5, 5.41) is 12.8. The van der Waals surface area contributed by atoms with E-state index in [1.807, 2.05) is 0 Å². The van der Waals surface area contributed by atoms with Gasteiger partial charge in [0.1, 0.15) is 6.54 Å². The summed E-state index contributed by atoms with van der Waals surface area (Å²) < 4.78 is 4.63. The molecule has 82 valence electrons. The molecule has 0 aromatic heterocycles. The van der Waals surface area contributed by atoms with Crippen LogP contribution in [0.2, 0.25) is 0 Å². The van der Waals surface area contributed by atoms with Crippen molar-refractivity contribution in [2.24, 2.45) is 5.10 Å². The maximum atomic E-state index is 11.2. The van der Waals surface area contributed by atoms with E-state index in [2.05, 4.69) is 9.84 Å². The first-order valence-electron chi connectivity index (χ1n) is 4.31. The number of nitrogens with zero attached hydrogens (tertiary/aromatic N) is 2. The third kappa shape index (κ3) is 2.76. The van der Waals surface area contributed by atoms with Crippen LogP contribution in [0.3, 0.4) is 0 Å². The predicted molar refractivity (Wildman–Crippen MR) is 48.0 cm³/mol. The van der Waals surface area contributed by atoms with Crippen molar-refractivity contribution in [3.8, 4) is 0 Å². The number of hydrogen-bond acceptors (Lipinski definition) is 5. The Morgan fingerprint density at radius 1 is 1.60 bits per heavy atom. The van der Waals surface area contributed by atoms with E-state index in [1.165, 1.54) is 0 Å². The Balaban J connectivity index is 2.66. The van der Waals surface area contributed by atoms with Crippen LogP contribution in [0.4, 0.5) is 0 Å². The Morgan fingerprint density at radius 2 is 2.27 bits per heavy atom. The van der Waals surface area contributed by atoms with Crippen LogP contribution in [0, 0.1) is 0 Å². The molecule has 7 heteroatoms. The fourth-order valence-electron chi connectivity index (χ4n) is 1.05. The third-order valence-corrected chi connectivity index (χ3v) is 1.64. The van der Waals surface area contributed by atoms with Gasteiger partial charge in [-0.15, -0.1) is 0 Å². The number of esters is 1. The quantitative estimate of drug-likeness (QED) is 0.619. The van der Waals surface area contributed by atoms with Crippen molar-refractivity contribution in [2.75, 3.05) is 13.2 Å². The first-order valence-corrected chi connectivity index (χ1v) is 4.31. The van der Waals surface area contributed by atoms with Gasteiger partial charge in [-0.1, -0.05) is 0 Å². The van der Waals surface area contributed by atoms with E-state index < -0.39 is 24.4 Å². The minimum atomic E-state index is -1.18. The molecule has 0 unspecified atom stereocenters. The van der Waals surface area contributed by atoms with Gasteiger partial charge < -0.3 is 9.84 Å². The number of ether oxygens (including phenoxy) is 1. The molecular weight excluding hydrogens is 204 g/mol. The second-order valence-corrected chi connectivity index (χ2v) is 2.79. The van der Waals surface area contributed by atoms with Gasteiger partial charge in [0.25, 0.3) is 0 Å². The van der Waals surface area contributed by atoms with Crippen LogP contribution in [-0.2, 0) is 19.1 Å². The lowest BCUT2D eigenvalue weighted by Gasteiger charge is -2.06. The molecule has 0 spiro atoms. The molecule has 0 radical (unpaired) electrons. The van der Waals surface area contributed by atoms with Gasteiger partial charge in [0.2, 0.25) is 5.91 Å². The highest BCUT2D eigenvalue weighted by atomic mass is 16.5. The molecule has 1 aliphatic rings. The maximum absolute atomic E-state index is 11.2. The fourth-order valence-corrected chi connectivity index (χ4v) is 1.05. The lowest BCUT2D eigenvalue weighted by Crippen LogP contribution is -2.27. The molecule has 0 saturated carbocycles. The van der Waals surface area contributed by atoms with Crippen molar-refractivity contribution in [2.45, 2.75) is 13.3 Å². The normalized spacial score (nSPS) is 15.1. The summed E-state index contributed by atoms with van der Waals surface area (Å²) >= 11 is 0. The van der Waals surface area contributed by atoms with Crippen molar-refractivity contribution < 1.29 is 24.2 Å². The Labute approximate surface area is 85.3 Å².